The van der Waals surface area contributed by atoms with Crippen LogP contribution in [0.3, 0.4) is 0 Å². The van der Waals surface area contributed by atoms with Gasteiger partial charge in [0.25, 0.3) is 0 Å². The van der Waals surface area contributed by atoms with E-state index in [0.29, 0.717) is 29.6 Å². The Kier molecular flexibility index (Phi) is 2.99. The van der Waals surface area contributed by atoms with E-state index in [2.05, 4.69) is 27.0 Å². The van der Waals surface area contributed by atoms with Gasteiger partial charge in [0.1, 0.15) is 0 Å². The Labute approximate surface area is 138 Å². The van der Waals surface area contributed by atoms with Gasteiger partial charge in [-0.3, -0.25) is 9.59 Å². The van der Waals surface area contributed by atoms with Gasteiger partial charge in [-0.1, -0.05) is 32.6 Å². The minimum atomic E-state index is -0.280. The van der Waals surface area contributed by atoms with Gasteiger partial charge in [0.05, 0.1) is 0 Å². The van der Waals surface area contributed by atoms with E-state index in [1.54, 1.807) is 0 Å². The fraction of sp³-hybridized carbons (Fsp3) is 0.619. The number of fused-ring (bicyclic) bond motifs is 5. The molecule has 0 bridgehead atoms. The van der Waals surface area contributed by atoms with Gasteiger partial charge >= 0.3 is 0 Å². The summed E-state index contributed by atoms with van der Waals surface area (Å²) in [6.07, 6.45) is 7.70. The third kappa shape index (κ3) is 1.75. The molecule has 3 fully saturated rings. The third-order valence-corrected chi connectivity index (χ3v) is 7.69. The normalized spacial score (nSPS) is 46.2. The Morgan fingerprint density at radius 2 is 1.78 bits per heavy atom. The van der Waals surface area contributed by atoms with Gasteiger partial charge in [0.15, 0.2) is 11.6 Å². The van der Waals surface area contributed by atoms with E-state index in [4.69, 9.17) is 0 Å². The Hall–Kier alpha value is -1.44. The van der Waals surface area contributed by atoms with Crippen molar-refractivity contribution < 1.29 is 9.59 Å². The number of Topliss-reactive ketones (excluding diaryl/α,β-unsaturated/α-hetero) is 1. The number of allylic oxidation sites excluding steroid dienone is 3. The number of hydrogen-bond acceptors (Lipinski definition) is 2. The lowest BCUT2D eigenvalue weighted by atomic mass is 9.47. The molecule has 0 unspecified atom stereocenters. The van der Waals surface area contributed by atoms with E-state index in [9.17, 15) is 9.59 Å². The summed E-state index contributed by atoms with van der Waals surface area (Å²) in [5.74, 6) is 1.88. The van der Waals surface area contributed by atoms with Crippen molar-refractivity contribution in [3.63, 3.8) is 0 Å². The molecule has 0 saturated heterocycles. The number of hydrogen-bond donors (Lipinski definition) is 0. The molecular weight excluding hydrogens is 284 g/mol. The second-order valence-electron chi connectivity index (χ2n) is 8.63. The van der Waals surface area contributed by atoms with E-state index >= 15 is 0 Å². The second kappa shape index (κ2) is 4.55. The lowest BCUT2D eigenvalue weighted by Gasteiger charge is -2.56. The highest BCUT2D eigenvalue weighted by atomic mass is 16.1. The van der Waals surface area contributed by atoms with Crippen molar-refractivity contribution in [1.82, 2.24) is 0 Å². The molecule has 2 nitrogen and oxygen atoms in total. The summed E-state index contributed by atoms with van der Waals surface area (Å²) in [7, 11) is 0. The first-order valence-electron chi connectivity index (χ1n) is 8.96. The van der Waals surface area contributed by atoms with Gasteiger partial charge in [-0.25, -0.2) is 0 Å². The van der Waals surface area contributed by atoms with Crippen LogP contribution in [-0.2, 0) is 9.59 Å². The molecule has 5 atom stereocenters. The molecule has 4 rings (SSSR count). The lowest BCUT2D eigenvalue weighted by Crippen LogP contribution is -2.50. The van der Waals surface area contributed by atoms with E-state index in [-0.39, 0.29) is 22.5 Å². The van der Waals surface area contributed by atoms with Crippen LogP contribution < -0.4 is 0 Å². The molecule has 0 aromatic heterocycles. The van der Waals surface area contributed by atoms with Gasteiger partial charge in [-0.15, -0.1) is 0 Å². The summed E-state index contributed by atoms with van der Waals surface area (Å²) in [6.45, 7) is 12.8. The van der Waals surface area contributed by atoms with Crippen molar-refractivity contribution in [2.75, 3.05) is 0 Å². The van der Waals surface area contributed by atoms with Crippen LogP contribution in [0.1, 0.15) is 52.4 Å². The molecule has 23 heavy (non-hydrogen) atoms. The maximum absolute atomic E-state index is 12.7. The Bertz CT molecular complexity index is 682. The minimum Gasteiger partial charge on any atom is -0.295 e. The fourth-order valence-corrected chi connectivity index (χ4v) is 6.34. The van der Waals surface area contributed by atoms with E-state index in [0.717, 1.165) is 37.7 Å². The number of carbonyl (C=O) groups is 2. The molecule has 4 aliphatic carbocycles. The van der Waals surface area contributed by atoms with Crippen molar-refractivity contribution in [2.45, 2.75) is 52.4 Å². The standard InChI is InChI=1S/C21H26O2/c1-12-13(2)19(23)21(4)10-8-17-16(18(12)21)6-5-14-11-15(22)7-9-20(14,17)3/h11,16-18H,1-2,5-10H2,3-4H3/t16-,17+,18+,20+,21+/m1/s1. The van der Waals surface area contributed by atoms with Crippen LogP contribution in [0.2, 0.25) is 0 Å². The van der Waals surface area contributed by atoms with Gasteiger partial charge in [0, 0.05) is 17.4 Å². The first-order valence-corrected chi connectivity index (χ1v) is 8.96. The predicted molar refractivity (Wildman–Crippen MR) is 90.8 cm³/mol. The minimum absolute atomic E-state index is 0.144. The van der Waals surface area contributed by atoms with Crippen LogP contribution in [0.15, 0.2) is 36.0 Å². The van der Waals surface area contributed by atoms with E-state index in [1.807, 2.05) is 6.08 Å². The molecule has 0 spiro atoms. The molecule has 4 aliphatic rings. The molecule has 122 valence electrons. The molecule has 0 heterocycles. The number of rotatable bonds is 0. The molecule has 0 aliphatic heterocycles. The number of carbonyl (C=O) groups excluding carboxylic acids is 2. The summed E-state index contributed by atoms with van der Waals surface area (Å²) < 4.78 is 0. The van der Waals surface area contributed by atoms with Crippen LogP contribution in [0, 0.1) is 28.6 Å². The van der Waals surface area contributed by atoms with Crippen LogP contribution in [0.4, 0.5) is 0 Å². The van der Waals surface area contributed by atoms with Gasteiger partial charge < -0.3 is 0 Å². The largest absolute Gasteiger partial charge is 0.295 e. The molecule has 0 aromatic carbocycles. The summed E-state index contributed by atoms with van der Waals surface area (Å²) in [5.41, 5.74) is 2.90. The first kappa shape index (κ1) is 15.1. The zero-order valence-electron chi connectivity index (χ0n) is 14.3. The van der Waals surface area contributed by atoms with Crippen molar-refractivity contribution in [1.29, 1.82) is 0 Å². The van der Waals surface area contributed by atoms with E-state index in [1.165, 1.54) is 5.57 Å². The van der Waals surface area contributed by atoms with Crippen LogP contribution in [0.25, 0.3) is 0 Å². The summed E-state index contributed by atoms with van der Waals surface area (Å²) in [5, 5.41) is 0. The van der Waals surface area contributed by atoms with Gasteiger partial charge in [0.2, 0.25) is 0 Å². The van der Waals surface area contributed by atoms with Crippen molar-refractivity contribution >= 4 is 11.6 Å². The summed E-state index contributed by atoms with van der Waals surface area (Å²) in [6, 6.07) is 0. The lowest BCUT2D eigenvalue weighted by molar-refractivity contribution is -0.130. The molecule has 0 radical (unpaired) electrons. The zero-order valence-corrected chi connectivity index (χ0v) is 14.3. The maximum atomic E-state index is 12.7. The highest BCUT2D eigenvalue weighted by molar-refractivity contribution is 6.07. The molecule has 2 heteroatoms. The van der Waals surface area contributed by atoms with Crippen molar-refractivity contribution in [3.05, 3.63) is 36.0 Å². The van der Waals surface area contributed by atoms with Gasteiger partial charge in [-0.05, 0) is 66.9 Å². The molecule has 0 amide bonds. The topological polar surface area (TPSA) is 34.1 Å². The maximum Gasteiger partial charge on any atom is 0.169 e. The summed E-state index contributed by atoms with van der Waals surface area (Å²) >= 11 is 0. The Morgan fingerprint density at radius 3 is 2.52 bits per heavy atom. The first-order chi connectivity index (χ1) is 10.8. The predicted octanol–water partition coefficient (Wildman–Crippen LogP) is 4.42. The van der Waals surface area contributed by atoms with E-state index < -0.39 is 0 Å². The smallest absolute Gasteiger partial charge is 0.169 e. The highest BCUT2D eigenvalue weighted by Crippen LogP contribution is 2.65. The SMILES string of the molecule is C=C1C(=C)[C@H]2[C@@H]3CCC4=CC(=O)CC[C@]4(C)[C@H]3CC[C@]2(C)C1=O. The zero-order chi connectivity index (χ0) is 16.6. The third-order valence-electron chi connectivity index (χ3n) is 7.69. The summed E-state index contributed by atoms with van der Waals surface area (Å²) in [4.78, 5) is 24.6. The second-order valence-corrected chi connectivity index (χ2v) is 8.63. The average Bonchev–Trinajstić information content (AvgIpc) is 2.69. The molecule has 3 saturated carbocycles. The number of ketones is 2. The van der Waals surface area contributed by atoms with Gasteiger partial charge in [-0.2, -0.15) is 0 Å². The monoisotopic (exact) mass is 310 g/mol. The van der Waals surface area contributed by atoms with Crippen LogP contribution >= 0.6 is 0 Å². The van der Waals surface area contributed by atoms with Crippen molar-refractivity contribution in [3.8, 4) is 0 Å². The van der Waals surface area contributed by atoms with Crippen LogP contribution in [0.5, 0.6) is 0 Å². The Balaban J connectivity index is 1.77. The van der Waals surface area contributed by atoms with Crippen molar-refractivity contribution in [2.24, 2.45) is 28.6 Å². The average molecular weight is 310 g/mol. The fourth-order valence-electron chi connectivity index (χ4n) is 6.34. The van der Waals surface area contributed by atoms with Crippen LogP contribution in [-0.4, -0.2) is 11.6 Å². The quantitative estimate of drug-likeness (QED) is 0.621. The molecule has 0 N–H and O–H groups in total. The molecule has 0 aromatic rings. The highest BCUT2D eigenvalue weighted by Gasteiger charge is 2.61. The Morgan fingerprint density at radius 1 is 1.04 bits per heavy atom. The molecular formula is C21H26O2.